The summed E-state index contributed by atoms with van der Waals surface area (Å²) in [5.74, 6) is 0. The van der Waals surface area contributed by atoms with E-state index in [1.54, 1.807) is 12.4 Å². The number of rotatable bonds is 6. The molecule has 8 nitrogen and oxygen atoms in total. The zero-order chi connectivity index (χ0) is 39.9. The smallest absolute Gasteiger partial charge is 0.227 e. The quantitative estimate of drug-likeness (QED) is 0.153. The first-order chi connectivity index (χ1) is 29.7. The Morgan fingerprint density at radius 2 is 0.803 bits per heavy atom. The summed E-state index contributed by atoms with van der Waals surface area (Å²) in [6.45, 7) is 0. The normalized spacial score (nSPS) is 11.4. The van der Waals surface area contributed by atoms with Gasteiger partial charge in [-0.15, -0.1) is 0 Å². The summed E-state index contributed by atoms with van der Waals surface area (Å²) < 4.78 is 13.1. The lowest BCUT2D eigenvalue weighted by molar-refractivity contribution is 0.654. The number of nitriles is 2. The van der Waals surface area contributed by atoms with Gasteiger partial charge in [0.1, 0.15) is 0 Å². The van der Waals surface area contributed by atoms with E-state index in [1.165, 1.54) is 0 Å². The molecule has 0 aliphatic carbocycles. The van der Waals surface area contributed by atoms with E-state index in [-0.39, 0.29) is 7.43 Å². The first-order valence-electron chi connectivity index (χ1n) is 19.5. The molecule has 4 aromatic heterocycles. The molecule has 8 aromatic carbocycles. The van der Waals surface area contributed by atoms with Crippen LogP contribution in [-0.2, 0) is 0 Å². The van der Waals surface area contributed by atoms with Gasteiger partial charge in [-0.25, -0.2) is 9.97 Å². The van der Waals surface area contributed by atoms with Crippen LogP contribution in [0.2, 0.25) is 0 Å². The van der Waals surface area contributed by atoms with E-state index in [9.17, 15) is 10.5 Å². The average Bonchev–Trinajstić information content (AvgIpc) is 3.89. The third-order valence-corrected chi connectivity index (χ3v) is 11.6. The van der Waals surface area contributed by atoms with Gasteiger partial charge in [0.25, 0.3) is 0 Å². The van der Waals surface area contributed by atoms with Gasteiger partial charge in [0.2, 0.25) is 11.4 Å². The first kappa shape index (κ1) is 35.4. The summed E-state index contributed by atoms with van der Waals surface area (Å²) in [7, 11) is 0. The Bertz CT molecular complexity index is 3510. The molecule has 0 saturated carbocycles. The highest BCUT2D eigenvalue weighted by atomic mass is 16.3. The van der Waals surface area contributed by atoms with Crippen LogP contribution in [0.15, 0.2) is 179 Å². The minimum atomic E-state index is 0. The van der Waals surface area contributed by atoms with Gasteiger partial charge in [0.05, 0.1) is 46.0 Å². The lowest BCUT2D eigenvalue weighted by Gasteiger charge is -2.29. The van der Waals surface area contributed by atoms with E-state index < -0.39 is 0 Å². The van der Waals surface area contributed by atoms with Crippen molar-refractivity contribution in [3.8, 4) is 12.1 Å². The summed E-state index contributed by atoms with van der Waals surface area (Å²) >= 11 is 0. The van der Waals surface area contributed by atoms with Crippen LogP contribution in [0.3, 0.4) is 0 Å². The van der Waals surface area contributed by atoms with Gasteiger partial charge in [0.15, 0.2) is 11.2 Å². The molecule has 0 radical (unpaired) electrons. The van der Waals surface area contributed by atoms with Crippen molar-refractivity contribution in [1.29, 1.82) is 10.5 Å². The largest absolute Gasteiger partial charge is 0.435 e. The molecule has 0 atom stereocenters. The van der Waals surface area contributed by atoms with Gasteiger partial charge in [-0.1, -0.05) is 68.1 Å². The number of anilines is 6. The number of fused-ring (bicyclic) bond motifs is 6. The number of hydrogen-bond acceptors (Lipinski definition) is 8. The monoisotopic (exact) mass is 784 g/mol. The van der Waals surface area contributed by atoms with E-state index in [1.807, 2.05) is 72.8 Å². The number of benzene rings is 8. The van der Waals surface area contributed by atoms with Crippen LogP contribution in [0.1, 0.15) is 18.6 Å². The molecule has 0 amide bonds. The minimum Gasteiger partial charge on any atom is -0.435 e. The van der Waals surface area contributed by atoms with Crippen molar-refractivity contribution < 1.29 is 8.83 Å². The number of aromatic nitrogens is 2. The molecule has 4 heterocycles. The van der Waals surface area contributed by atoms with Gasteiger partial charge in [-0.2, -0.15) is 10.5 Å². The molecule has 8 heteroatoms. The lowest BCUT2D eigenvalue weighted by atomic mass is 9.91. The zero-order valence-corrected chi connectivity index (χ0v) is 31.7. The Morgan fingerprint density at radius 1 is 0.393 bits per heavy atom. The lowest BCUT2D eigenvalue weighted by Crippen LogP contribution is -2.12. The fourth-order valence-electron chi connectivity index (χ4n) is 8.93. The minimum absolute atomic E-state index is 0. The predicted molar refractivity (Wildman–Crippen MR) is 246 cm³/mol. The van der Waals surface area contributed by atoms with E-state index in [0.717, 1.165) is 99.2 Å². The molecule has 12 aromatic rings. The summed E-state index contributed by atoms with van der Waals surface area (Å²) in [5.41, 5.74) is 9.12. The third kappa shape index (κ3) is 5.30. The van der Waals surface area contributed by atoms with Crippen LogP contribution in [0, 0.1) is 22.7 Å². The highest BCUT2D eigenvalue weighted by molar-refractivity contribution is 6.28. The number of furan rings is 2. The Morgan fingerprint density at radius 3 is 1.23 bits per heavy atom. The Balaban J connectivity index is 0.00000420. The van der Waals surface area contributed by atoms with Gasteiger partial charge < -0.3 is 18.6 Å². The van der Waals surface area contributed by atoms with Crippen molar-refractivity contribution in [1.82, 2.24) is 9.97 Å². The van der Waals surface area contributed by atoms with Crippen molar-refractivity contribution in [2.24, 2.45) is 0 Å². The highest BCUT2D eigenvalue weighted by Crippen LogP contribution is 2.50. The molecule has 0 saturated heterocycles. The van der Waals surface area contributed by atoms with Gasteiger partial charge >= 0.3 is 0 Å². The molecule has 0 bridgehead atoms. The number of para-hydroxylation sites is 2. The Kier molecular flexibility index (Phi) is 7.96. The molecule has 0 aliphatic heterocycles. The zero-order valence-electron chi connectivity index (χ0n) is 31.7. The van der Waals surface area contributed by atoms with Crippen LogP contribution in [0.4, 0.5) is 34.1 Å². The third-order valence-electron chi connectivity index (χ3n) is 11.6. The molecule has 286 valence electrons. The van der Waals surface area contributed by atoms with Crippen LogP contribution >= 0.6 is 0 Å². The first-order valence-corrected chi connectivity index (χ1v) is 19.5. The Labute approximate surface area is 349 Å². The molecule has 0 spiro atoms. The summed E-state index contributed by atoms with van der Waals surface area (Å²) in [5, 5.41) is 29.8. The van der Waals surface area contributed by atoms with E-state index in [2.05, 4.69) is 117 Å². The SMILES string of the molecule is C.N#Cc1ccc(N(c2ccc3ccc4c(N(c5ccc(C#N)cc5)c5cccc6c5oc5ncccc56)ccc5ccc2c3c54)c2cccc3c2oc2ncccc23)cc1. The van der Waals surface area contributed by atoms with Crippen molar-refractivity contribution in [3.05, 3.63) is 181 Å². The second-order valence-electron chi connectivity index (χ2n) is 14.8. The molecular weight excluding hydrogens is 753 g/mol. The van der Waals surface area contributed by atoms with Crippen LogP contribution in [0.25, 0.3) is 76.5 Å². The molecule has 12 rings (SSSR count). The van der Waals surface area contributed by atoms with Crippen LogP contribution in [0.5, 0.6) is 0 Å². The second kappa shape index (κ2) is 13.7. The second-order valence-corrected chi connectivity index (χ2v) is 14.8. The number of hydrogen-bond donors (Lipinski definition) is 0. The molecule has 61 heavy (non-hydrogen) atoms. The molecule has 0 unspecified atom stereocenters. The van der Waals surface area contributed by atoms with Gasteiger partial charge in [-0.05, 0) is 119 Å². The van der Waals surface area contributed by atoms with Crippen molar-refractivity contribution in [3.63, 3.8) is 0 Å². The average molecular weight is 785 g/mol. The van der Waals surface area contributed by atoms with E-state index in [4.69, 9.17) is 8.83 Å². The van der Waals surface area contributed by atoms with E-state index in [0.29, 0.717) is 22.6 Å². The maximum atomic E-state index is 9.73. The number of nitrogens with zero attached hydrogens (tertiary/aromatic N) is 6. The molecular formula is C53H32N6O2. The van der Waals surface area contributed by atoms with Crippen LogP contribution < -0.4 is 9.80 Å². The number of pyridine rings is 2. The standard InChI is InChI=1S/C52H28N6O2.CH4/c53-29-31-11-19-35(20-12-31)57(45-9-1-5-37-39-7-3-27-55-51(39)59-49(37)45)43-25-17-33-16-24-42-44(26-18-34-15-23-41(43)47(33)48(34)42)58(36-21-13-32(30-54)14-22-36)46-10-2-6-38-40-8-4-28-56-52(40)60-50(38)46;/h1-28H;1H4. The molecule has 0 fully saturated rings. The maximum Gasteiger partial charge on any atom is 0.227 e. The molecule has 0 aliphatic rings. The highest BCUT2D eigenvalue weighted by Gasteiger charge is 2.25. The maximum absolute atomic E-state index is 9.73. The molecule has 0 N–H and O–H groups in total. The van der Waals surface area contributed by atoms with Crippen molar-refractivity contribution in [2.75, 3.05) is 9.80 Å². The van der Waals surface area contributed by atoms with Gasteiger partial charge in [0, 0.05) is 56.1 Å². The fourth-order valence-corrected chi connectivity index (χ4v) is 8.93. The Hall–Kier alpha value is -8.72. The van der Waals surface area contributed by atoms with Crippen molar-refractivity contribution >= 4 is 111 Å². The van der Waals surface area contributed by atoms with Gasteiger partial charge in [-0.3, -0.25) is 0 Å². The summed E-state index contributed by atoms with van der Waals surface area (Å²) in [4.78, 5) is 13.5. The van der Waals surface area contributed by atoms with Crippen LogP contribution in [-0.4, -0.2) is 9.97 Å². The summed E-state index contributed by atoms with van der Waals surface area (Å²) in [6.07, 6.45) is 3.49. The van der Waals surface area contributed by atoms with Crippen molar-refractivity contribution in [2.45, 2.75) is 7.43 Å². The summed E-state index contributed by atoms with van der Waals surface area (Å²) in [6, 6.07) is 57.7. The fraction of sp³-hybridized carbons (Fsp3) is 0.0189. The topological polar surface area (TPSA) is 106 Å². The van der Waals surface area contributed by atoms with E-state index >= 15 is 0 Å². The predicted octanol–water partition coefficient (Wildman–Crippen LogP) is 14.5.